The second-order valence-corrected chi connectivity index (χ2v) is 4.74. The van der Waals surface area contributed by atoms with Gasteiger partial charge in [0, 0.05) is 10.6 Å². The first kappa shape index (κ1) is 14.3. The average Bonchev–Trinajstić information content (AvgIpc) is 2.47. The number of hydrogen-bond acceptors (Lipinski definition) is 2. The SMILES string of the molecule is CCc1ccc(C(=O)N/N=C\c2cccc(Cl)c2)cc1. The van der Waals surface area contributed by atoms with E-state index in [1.807, 2.05) is 24.3 Å². The summed E-state index contributed by atoms with van der Waals surface area (Å²) in [6.07, 6.45) is 2.51. The first-order chi connectivity index (χ1) is 9.69. The van der Waals surface area contributed by atoms with Crippen LogP contribution in [0.2, 0.25) is 5.02 Å². The highest BCUT2D eigenvalue weighted by Crippen LogP contribution is 2.09. The average molecular weight is 287 g/mol. The Balaban J connectivity index is 1.97. The Hall–Kier alpha value is -2.13. The van der Waals surface area contributed by atoms with Gasteiger partial charge in [-0.2, -0.15) is 5.10 Å². The molecule has 0 saturated heterocycles. The lowest BCUT2D eigenvalue weighted by molar-refractivity contribution is 0.0955. The fraction of sp³-hybridized carbons (Fsp3) is 0.125. The van der Waals surface area contributed by atoms with E-state index >= 15 is 0 Å². The Labute approximate surface area is 123 Å². The normalized spacial score (nSPS) is 10.7. The zero-order valence-corrected chi connectivity index (χ0v) is 11.9. The summed E-state index contributed by atoms with van der Waals surface area (Å²) in [5.41, 5.74) is 5.11. The van der Waals surface area contributed by atoms with Crippen LogP contribution in [0.1, 0.15) is 28.4 Å². The smallest absolute Gasteiger partial charge is 0.267 e. The molecule has 20 heavy (non-hydrogen) atoms. The van der Waals surface area contributed by atoms with Crippen LogP contribution in [0, 0.1) is 0 Å². The van der Waals surface area contributed by atoms with Gasteiger partial charge in [0.05, 0.1) is 6.21 Å². The Kier molecular flexibility index (Phi) is 4.91. The van der Waals surface area contributed by atoms with Crippen molar-refractivity contribution < 1.29 is 4.79 Å². The summed E-state index contributed by atoms with van der Waals surface area (Å²) in [6.45, 7) is 2.07. The predicted octanol–water partition coefficient (Wildman–Crippen LogP) is 3.67. The van der Waals surface area contributed by atoms with Crippen LogP contribution in [0.3, 0.4) is 0 Å². The lowest BCUT2D eigenvalue weighted by atomic mass is 10.1. The molecular weight excluding hydrogens is 272 g/mol. The highest BCUT2D eigenvalue weighted by Gasteiger charge is 2.03. The monoisotopic (exact) mass is 286 g/mol. The second-order valence-electron chi connectivity index (χ2n) is 4.30. The molecule has 0 aromatic heterocycles. The van der Waals surface area contributed by atoms with Gasteiger partial charge in [-0.3, -0.25) is 4.79 Å². The number of nitrogens with one attached hydrogen (secondary N) is 1. The predicted molar refractivity (Wildman–Crippen MR) is 82.3 cm³/mol. The molecule has 0 atom stereocenters. The van der Waals surface area contributed by atoms with Crippen molar-refractivity contribution in [3.63, 3.8) is 0 Å². The van der Waals surface area contributed by atoms with Gasteiger partial charge in [-0.05, 0) is 41.8 Å². The van der Waals surface area contributed by atoms with Crippen LogP contribution in [0.15, 0.2) is 53.6 Å². The summed E-state index contributed by atoms with van der Waals surface area (Å²) in [5, 5.41) is 4.55. The Morgan fingerprint density at radius 1 is 1.25 bits per heavy atom. The first-order valence-corrected chi connectivity index (χ1v) is 6.74. The third-order valence-corrected chi connectivity index (χ3v) is 3.09. The number of carbonyl (C=O) groups excluding carboxylic acids is 1. The van der Waals surface area contributed by atoms with Crippen LogP contribution >= 0.6 is 11.6 Å². The summed E-state index contributed by atoms with van der Waals surface area (Å²) in [5.74, 6) is -0.231. The van der Waals surface area contributed by atoms with Gasteiger partial charge in [-0.25, -0.2) is 5.43 Å². The highest BCUT2D eigenvalue weighted by atomic mass is 35.5. The van der Waals surface area contributed by atoms with Crippen molar-refractivity contribution in [3.05, 3.63) is 70.2 Å². The maximum Gasteiger partial charge on any atom is 0.271 e. The molecule has 2 rings (SSSR count). The zero-order chi connectivity index (χ0) is 14.4. The zero-order valence-electron chi connectivity index (χ0n) is 11.1. The molecule has 0 bridgehead atoms. The molecular formula is C16H15ClN2O. The van der Waals surface area contributed by atoms with Gasteiger partial charge in [-0.1, -0.05) is 42.8 Å². The van der Waals surface area contributed by atoms with Crippen LogP contribution in [-0.4, -0.2) is 12.1 Å². The molecule has 102 valence electrons. The van der Waals surface area contributed by atoms with Gasteiger partial charge in [0.25, 0.3) is 5.91 Å². The molecule has 0 heterocycles. The van der Waals surface area contributed by atoms with Gasteiger partial charge in [0.2, 0.25) is 0 Å². The van der Waals surface area contributed by atoms with Gasteiger partial charge in [0.1, 0.15) is 0 Å². The Morgan fingerprint density at radius 3 is 2.65 bits per heavy atom. The number of nitrogens with zero attached hydrogens (tertiary/aromatic N) is 1. The molecule has 0 aliphatic carbocycles. The fourth-order valence-electron chi connectivity index (χ4n) is 1.71. The molecule has 1 amide bonds. The molecule has 0 aliphatic rings. The Morgan fingerprint density at radius 2 is 2.00 bits per heavy atom. The van der Waals surface area contributed by atoms with Crippen molar-refractivity contribution in [2.45, 2.75) is 13.3 Å². The number of hydrazone groups is 1. The molecule has 2 aromatic rings. The summed E-state index contributed by atoms with van der Waals surface area (Å²) in [6, 6.07) is 14.7. The fourth-order valence-corrected chi connectivity index (χ4v) is 1.91. The number of halogens is 1. The van der Waals surface area contributed by atoms with Crippen LogP contribution in [-0.2, 0) is 6.42 Å². The van der Waals surface area contributed by atoms with E-state index in [2.05, 4.69) is 17.5 Å². The van der Waals surface area contributed by atoms with Crippen molar-refractivity contribution >= 4 is 23.7 Å². The molecule has 0 saturated carbocycles. The van der Waals surface area contributed by atoms with Gasteiger partial charge in [-0.15, -0.1) is 0 Å². The van der Waals surface area contributed by atoms with E-state index in [-0.39, 0.29) is 5.91 Å². The molecule has 4 heteroatoms. The van der Waals surface area contributed by atoms with Crippen molar-refractivity contribution in [2.75, 3.05) is 0 Å². The van der Waals surface area contributed by atoms with Crippen LogP contribution < -0.4 is 5.43 Å². The number of amides is 1. The third kappa shape index (κ3) is 3.93. The van der Waals surface area contributed by atoms with Crippen LogP contribution in [0.4, 0.5) is 0 Å². The van der Waals surface area contributed by atoms with Crippen molar-refractivity contribution in [2.24, 2.45) is 5.10 Å². The molecule has 0 aliphatic heterocycles. The van der Waals surface area contributed by atoms with E-state index in [0.717, 1.165) is 12.0 Å². The number of hydrogen-bond donors (Lipinski definition) is 1. The van der Waals surface area contributed by atoms with Crippen molar-refractivity contribution in [3.8, 4) is 0 Å². The minimum Gasteiger partial charge on any atom is -0.267 e. The quantitative estimate of drug-likeness (QED) is 0.676. The first-order valence-electron chi connectivity index (χ1n) is 6.37. The standard InChI is InChI=1S/C16H15ClN2O/c1-2-12-6-8-14(9-7-12)16(20)19-18-11-13-4-3-5-15(17)10-13/h3-11H,2H2,1H3,(H,19,20)/b18-11-. The molecule has 0 unspecified atom stereocenters. The van der Waals surface area contributed by atoms with E-state index in [0.29, 0.717) is 10.6 Å². The largest absolute Gasteiger partial charge is 0.271 e. The molecule has 0 spiro atoms. The van der Waals surface area contributed by atoms with Crippen LogP contribution in [0.5, 0.6) is 0 Å². The molecule has 0 radical (unpaired) electrons. The van der Waals surface area contributed by atoms with Gasteiger partial charge >= 0.3 is 0 Å². The number of carbonyl (C=O) groups is 1. The lowest BCUT2D eigenvalue weighted by Gasteiger charge is -2.01. The number of rotatable bonds is 4. The van der Waals surface area contributed by atoms with Gasteiger partial charge < -0.3 is 0 Å². The Bertz CT molecular complexity index is 621. The van der Waals surface area contributed by atoms with Crippen molar-refractivity contribution in [1.82, 2.24) is 5.43 Å². The molecule has 3 nitrogen and oxygen atoms in total. The highest BCUT2D eigenvalue weighted by molar-refractivity contribution is 6.30. The minimum atomic E-state index is -0.231. The number of benzene rings is 2. The second kappa shape index (κ2) is 6.87. The van der Waals surface area contributed by atoms with E-state index < -0.39 is 0 Å². The van der Waals surface area contributed by atoms with E-state index in [4.69, 9.17) is 11.6 Å². The summed E-state index contributed by atoms with van der Waals surface area (Å²) in [4.78, 5) is 11.9. The lowest BCUT2D eigenvalue weighted by Crippen LogP contribution is -2.17. The van der Waals surface area contributed by atoms with Crippen molar-refractivity contribution in [1.29, 1.82) is 0 Å². The van der Waals surface area contributed by atoms with E-state index in [1.165, 1.54) is 5.56 Å². The van der Waals surface area contributed by atoms with Gasteiger partial charge in [0.15, 0.2) is 0 Å². The summed E-state index contributed by atoms with van der Waals surface area (Å²) < 4.78 is 0. The van der Waals surface area contributed by atoms with Crippen LogP contribution in [0.25, 0.3) is 0 Å². The molecule has 2 aromatic carbocycles. The van der Waals surface area contributed by atoms with E-state index in [9.17, 15) is 4.79 Å². The number of aryl methyl sites for hydroxylation is 1. The van der Waals surface area contributed by atoms with E-state index in [1.54, 1.807) is 30.5 Å². The minimum absolute atomic E-state index is 0.231. The maximum absolute atomic E-state index is 11.9. The molecule has 1 N–H and O–H groups in total. The third-order valence-electron chi connectivity index (χ3n) is 2.85. The summed E-state index contributed by atoms with van der Waals surface area (Å²) in [7, 11) is 0. The maximum atomic E-state index is 11.9. The summed E-state index contributed by atoms with van der Waals surface area (Å²) >= 11 is 5.86. The topological polar surface area (TPSA) is 41.5 Å². The molecule has 0 fully saturated rings.